The van der Waals surface area contributed by atoms with Crippen molar-refractivity contribution in [2.45, 2.75) is 25.8 Å². The molecule has 1 amide bonds. The topological polar surface area (TPSA) is 75.7 Å². The summed E-state index contributed by atoms with van der Waals surface area (Å²) in [5.41, 5.74) is 3.06. The Morgan fingerprint density at radius 2 is 1.89 bits per heavy atom. The van der Waals surface area contributed by atoms with Gasteiger partial charge in [0.1, 0.15) is 5.75 Å². The number of fused-ring (bicyclic) bond motifs is 1. The predicted octanol–water partition coefficient (Wildman–Crippen LogP) is 2.90. The molecule has 1 N–H and O–H groups in total. The smallest absolute Gasteiger partial charge is 0.251 e. The van der Waals surface area contributed by atoms with E-state index >= 15 is 0 Å². The molecule has 0 saturated heterocycles. The number of hydrogen-bond acceptors (Lipinski definition) is 4. The van der Waals surface area contributed by atoms with Crippen molar-refractivity contribution in [2.24, 2.45) is 0 Å². The van der Waals surface area contributed by atoms with Crippen LogP contribution in [0.2, 0.25) is 0 Å². The van der Waals surface area contributed by atoms with E-state index in [0.717, 1.165) is 29.7 Å². The molecule has 1 atom stereocenters. The first-order valence-corrected chi connectivity index (χ1v) is 10.7. The number of methoxy groups -OCH3 is 1. The summed E-state index contributed by atoms with van der Waals surface area (Å²) in [5.74, 6) is 0.583. The highest BCUT2D eigenvalue weighted by atomic mass is 32.2. The van der Waals surface area contributed by atoms with E-state index in [-0.39, 0.29) is 11.9 Å². The van der Waals surface area contributed by atoms with Crippen molar-refractivity contribution >= 4 is 21.6 Å². The highest BCUT2D eigenvalue weighted by Crippen LogP contribution is 2.30. The van der Waals surface area contributed by atoms with Crippen molar-refractivity contribution in [1.82, 2.24) is 5.32 Å². The second kappa shape index (κ2) is 7.60. The number of aryl methyl sites for hydroxylation is 1. The molecule has 144 valence electrons. The van der Waals surface area contributed by atoms with Gasteiger partial charge in [0.25, 0.3) is 5.91 Å². The van der Waals surface area contributed by atoms with Gasteiger partial charge in [-0.25, -0.2) is 8.42 Å². The van der Waals surface area contributed by atoms with Crippen molar-refractivity contribution in [3.05, 3.63) is 59.2 Å². The van der Waals surface area contributed by atoms with Crippen LogP contribution in [-0.4, -0.2) is 34.2 Å². The predicted molar refractivity (Wildman–Crippen MR) is 106 cm³/mol. The molecule has 2 aromatic rings. The Hall–Kier alpha value is -2.54. The molecule has 6 nitrogen and oxygen atoms in total. The lowest BCUT2D eigenvalue weighted by Gasteiger charge is -2.29. The first kappa shape index (κ1) is 19.2. The average molecular weight is 388 g/mol. The van der Waals surface area contributed by atoms with Crippen LogP contribution < -0.4 is 14.4 Å². The van der Waals surface area contributed by atoms with Crippen LogP contribution in [-0.2, 0) is 16.4 Å². The lowest BCUT2D eigenvalue weighted by Crippen LogP contribution is -2.35. The van der Waals surface area contributed by atoms with Crippen LogP contribution in [0.3, 0.4) is 0 Å². The van der Waals surface area contributed by atoms with E-state index in [1.54, 1.807) is 25.3 Å². The molecule has 2 aromatic carbocycles. The summed E-state index contributed by atoms with van der Waals surface area (Å²) in [5, 5.41) is 2.99. The minimum absolute atomic E-state index is 0.160. The minimum atomic E-state index is -3.31. The van der Waals surface area contributed by atoms with Gasteiger partial charge in [-0.2, -0.15) is 0 Å². The van der Waals surface area contributed by atoms with Gasteiger partial charge in [0, 0.05) is 12.1 Å². The van der Waals surface area contributed by atoms with Gasteiger partial charge in [0.05, 0.1) is 25.1 Å². The quantitative estimate of drug-likeness (QED) is 0.855. The van der Waals surface area contributed by atoms with Crippen LogP contribution in [0.4, 0.5) is 5.69 Å². The number of amides is 1. The van der Waals surface area contributed by atoms with E-state index in [4.69, 9.17) is 4.74 Å². The molecule has 0 unspecified atom stereocenters. The SMILES string of the molecule is COc1ccc([C@H](C)NC(=O)c2ccc3c(c2)CCCN3S(C)(=O)=O)cc1. The molecule has 3 rings (SSSR count). The zero-order chi connectivity index (χ0) is 19.6. The molecule has 7 heteroatoms. The summed E-state index contributed by atoms with van der Waals surface area (Å²) < 4.78 is 30.5. The number of nitrogens with zero attached hydrogens (tertiary/aromatic N) is 1. The van der Waals surface area contributed by atoms with Crippen molar-refractivity contribution in [3.63, 3.8) is 0 Å². The molecule has 0 bridgehead atoms. The number of nitrogens with one attached hydrogen (secondary N) is 1. The fourth-order valence-electron chi connectivity index (χ4n) is 3.30. The van der Waals surface area contributed by atoms with Gasteiger partial charge in [-0.1, -0.05) is 12.1 Å². The Bertz CT molecular complexity index is 939. The van der Waals surface area contributed by atoms with Gasteiger partial charge in [0.15, 0.2) is 0 Å². The summed E-state index contributed by atoms with van der Waals surface area (Å²) >= 11 is 0. The summed E-state index contributed by atoms with van der Waals surface area (Å²) in [4.78, 5) is 12.6. The molecule has 0 saturated carbocycles. The standard InChI is InChI=1S/C20H24N2O4S/c1-14(15-6-9-18(26-2)10-7-15)21-20(23)17-8-11-19-16(13-17)5-4-12-22(19)27(3,24)25/h6-11,13-14H,4-5,12H2,1-3H3,(H,21,23)/t14-/m0/s1. The Kier molecular flexibility index (Phi) is 5.41. The maximum atomic E-state index is 12.6. The van der Waals surface area contributed by atoms with Crippen LogP contribution in [0, 0.1) is 0 Å². The lowest BCUT2D eigenvalue weighted by molar-refractivity contribution is 0.0940. The van der Waals surface area contributed by atoms with Gasteiger partial charge in [-0.3, -0.25) is 9.10 Å². The molecular formula is C20H24N2O4S. The average Bonchev–Trinajstić information content (AvgIpc) is 2.66. The Morgan fingerprint density at radius 3 is 2.52 bits per heavy atom. The van der Waals surface area contributed by atoms with E-state index in [0.29, 0.717) is 17.8 Å². The fourth-order valence-corrected chi connectivity index (χ4v) is 4.30. The van der Waals surface area contributed by atoms with Crippen LogP contribution in [0.15, 0.2) is 42.5 Å². The van der Waals surface area contributed by atoms with Crippen molar-refractivity contribution in [2.75, 3.05) is 24.2 Å². The van der Waals surface area contributed by atoms with Crippen molar-refractivity contribution in [3.8, 4) is 5.75 Å². The van der Waals surface area contributed by atoms with E-state index in [9.17, 15) is 13.2 Å². The van der Waals surface area contributed by atoms with Crippen LogP contribution >= 0.6 is 0 Å². The van der Waals surface area contributed by atoms with Gasteiger partial charge in [0.2, 0.25) is 10.0 Å². The second-order valence-electron chi connectivity index (χ2n) is 6.75. The van der Waals surface area contributed by atoms with E-state index in [2.05, 4.69) is 5.32 Å². The third-order valence-corrected chi connectivity index (χ3v) is 5.96. The van der Waals surface area contributed by atoms with E-state index in [1.807, 2.05) is 31.2 Å². The zero-order valence-corrected chi connectivity index (χ0v) is 16.5. The number of anilines is 1. The van der Waals surface area contributed by atoms with Crippen LogP contribution in [0.1, 0.15) is 40.9 Å². The highest BCUT2D eigenvalue weighted by molar-refractivity contribution is 7.92. The van der Waals surface area contributed by atoms with Gasteiger partial charge in [-0.05, 0) is 61.2 Å². The second-order valence-corrected chi connectivity index (χ2v) is 8.66. The summed E-state index contributed by atoms with van der Waals surface area (Å²) in [6.07, 6.45) is 2.71. The Morgan fingerprint density at radius 1 is 1.19 bits per heavy atom. The zero-order valence-electron chi connectivity index (χ0n) is 15.7. The van der Waals surface area contributed by atoms with Crippen LogP contribution in [0.5, 0.6) is 5.75 Å². The monoisotopic (exact) mass is 388 g/mol. The molecule has 1 aliphatic heterocycles. The molecule has 0 aromatic heterocycles. The number of carbonyl (C=O) groups excluding carboxylic acids is 1. The summed E-state index contributed by atoms with van der Waals surface area (Å²) in [6, 6.07) is 12.6. The first-order chi connectivity index (χ1) is 12.8. The Labute approximate surface area is 160 Å². The van der Waals surface area contributed by atoms with Crippen LogP contribution in [0.25, 0.3) is 0 Å². The Balaban J connectivity index is 1.77. The molecule has 1 heterocycles. The van der Waals surface area contributed by atoms with Gasteiger partial charge < -0.3 is 10.1 Å². The molecule has 0 radical (unpaired) electrons. The number of hydrogen-bond donors (Lipinski definition) is 1. The maximum Gasteiger partial charge on any atom is 0.251 e. The minimum Gasteiger partial charge on any atom is -0.497 e. The number of sulfonamides is 1. The normalized spacial score (nSPS) is 15.0. The van der Waals surface area contributed by atoms with Gasteiger partial charge >= 0.3 is 0 Å². The summed E-state index contributed by atoms with van der Waals surface area (Å²) in [6.45, 7) is 2.40. The van der Waals surface area contributed by atoms with E-state index in [1.165, 1.54) is 10.6 Å². The number of benzene rings is 2. The number of rotatable bonds is 5. The van der Waals surface area contributed by atoms with E-state index < -0.39 is 10.0 Å². The molecule has 27 heavy (non-hydrogen) atoms. The molecular weight excluding hydrogens is 364 g/mol. The largest absolute Gasteiger partial charge is 0.497 e. The summed E-state index contributed by atoms with van der Waals surface area (Å²) in [7, 11) is -1.70. The molecule has 1 aliphatic rings. The first-order valence-electron chi connectivity index (χ1n) is 8.85. The number of carbonyl (C=O) groups is 1. The highest BCUT2D eigenvalue weighted by Gasteiger charge is 2.25. The van der Waals surface area contributed by atoms with Gasteiger partial charge in [-0.15, -0.1) is 0 Å². The maximum absolute atomic E-state index is 12.6. The molecule has 0 fully saturated rings. The molecule has 0 spiro atoms. The molecule has 0 aliphatic carbocycles. The third kappa shape index (κ3) is 4.24. The van der Waals surface area contributed by atoms with Crippen molar-refractivity contribution < 1.29 is 17.9 Å². The van der Waals surface area contributed by atoms with Crippen molar-refractivity contribution in [1.29, 1.82) is 0 Å². The number of ether oxygens (including phenoxy) is 1. The fraction of sp³-hybridized carbons (Fsp3) is 0.350. The lowest BCUT2D eigenvalue weighted by atomic mass is 10.00. The third-order valence-electron chi connectivity index (χ3n) is 4.78.